The van der Waals surface area contributed by atoms with Crippen LogP contribution in [0.5, 0.6) is 5.75 Å². The highest BCUT2D eigenvalue weighted by atomic mass is 16.6. The van der Waals surface area contributed by atoms with E-state index in [0.717, 1.165) is 12.0 Å². The summed E-state index contributed by atoms with van der Waals surface area (Å²) in [6.07, 6.45) is 0.760. The van der Waals surface area contributed by atoms with Gasteiger partial charge in [0.2, 0.25) is 5.91 Å². The van der Waals surface area contributed by atoms with Gasteiger partial charge in [-0.15, -0.1) is 0 Å². The molecule has 0 saturated carbocycles. The van der Waals surface area contributed by atoms with Crippen LogP contribution in [-0.2, 0) is 14.3 Å². The van der Waals surface area contributed by atoms with E-state index in [9.17, 15) is 19.5 Å². The first kappa shape index (κ1) is 27.7. The van der Waals surface area contributed by atoms with Crippen molar-refractivity contribution in [3.63, 3.8) is 0 Å². The van der Waals surface area contributed by atoms with E-state index in [4.69, 9.17) is 4.74 Å². The van der Waals surface area contributed by atoms with Crippen molar-refractivity contribution >= 4 is 23.6 Å². The third kappa shape index (κ3) is 8.31. The molecule has 2 unspecified atom stereocenters. The van der Waals surface area contributed by atoms with Crippen LogP contribution in [0.2, 0.25) is 0 Å². The van der Waals surface area contributed by atoms with Gasteiger partial charge < -0.3 is 25.4 Å². The quantitative estimate of drug-likeness (QED) is 0.469. The Morgan fingerprint density at radius 1 is 1.06 bits per heavy atom. The van der Waals surface area contributed by atoms with Crippen molar-refractivity contribution in [2.24, 2.45) is 0 Å². The zero-order valence-corrected chi connectivity index (χ0v) is 21.4. The molecule has 3 amide bonds. The van der Waals surface area contributed by atoms with Crippen molar-refractivity contribution < 1.29 is 24.2 Å². The number of aromatic hydroxyl groups is 1. The number of alkyl carbamates (subject to hydrolysis) is 1. The normalized spacial score (nSPS) is 12.9. The second-order valence-electron chi connectivity index (χ2n) is 9.55. The number of hydrogen-bond acceptors (Lipinski definition) is 5. The SMILES string of the molecule is CCCCN(C(=O)C(C)NC(=O)OC(C)(C)C)C(C(=O)Nc1ccccc1C)c1ccc(O)cc1. The van der Waals surface area contributed by atoms with Crippen LogP contribution >= 0.6 is 0 Å². The van der Waals surface area contributed by atoms with Gasteiger partial charge in [0.05, 0.1) is 0 Å². The van der Waals surface area contributed by atoms with Crippen LogP contribution in [0.15, 0.2) is 48.5 Å². The number of benzene rings is 2. The summed E-state index contributed by atoms with van der Waals surface area (Å²) in [6.45, 7) is 11.0. The van der Waals surface area contributed by atoms with E-state index in [1.165, 1.54) is 17.0 Å². The number of carbonyl (C=O) groups excluding carboxylic acids is 3. The van der Waals surface area contributed by atoms with Crippen molar-refractivity contribution in [3.8, 4) is 5.75 Å². The fraction of sp³-hybridized carbons (Fsp3) is 0.444. The maximum atomic E-state index is 13.6. The van der Waals surface area contributed by atoms with Crippen molar-refractivity contribution in [1.82, 2.24) is 10.2 Å². The molecule has 0 aliphatic heterocycles. The maximum Gasteiger partial charge on any atom is 0.408 e. The smallest absolute Gasteiger partial charge is 0.408 e. The summed E-state index contributed by atoms with van der Waals surface area (Å²) in [4.78, 5) is 41.0. The van der Waals surface area contributed by atoms with Gasteiger partial charge in [0, 0.05) is 12.2 Å². The minimum Gasteiger partial charge on any atom is -0.508 e. The highest BCUT2D eigenvalue weighted by Crippen LogP contribution is 2.27. The van der Waals surface area contributed by atoms with E-state index in [0.29, 0.717) is 24.2 Å². The van der Waals surface area contributed by atoms with Crippen LogP contribution in [-0.4, -0.2) is 46.1 Å². The first-order valence-electron chi connectivity index (χ1n) is 11.9. The number of anilines is 1. The molecule has 0 saturated heterocycles. The molecule has 8 nitrogen and oxygen atoms in total. The number of unbranched alkanes of at least 4 members (excludes halogenated alkanes) is 1. The number of carbonyl (C=O) groups is 3. The van der Waals surface area contributed by atoms with Crippen LogP contribution < -0.4 is 10.6 Å². The van der Waals surface area contributed by atoms with E-state index < -0.39 is 29.7 Å². The molecular formula is C27H37N3O5. The molecule has 0 fully saturated rings. The first-order chi connectivity index (χ1) is 16.4. The van der Waals surface area contributed by atoms with Crippen LogP contribution in [0.25, 0.3) is 0 Å². The first-order valence-corrected chi connectivity index (χ1v) is 11.9. The summed E-state index contributed by atoms with van der Waals surface area (Å²) >= 11 is 0. The molecular weight excluding hydrogens is 446 g/mol. The standard InChI is InChI=1S/C27H37N3O5/c1-7-8-17-30(25(33)19(3)28-26(34)35-27(4,5)6)23(20-13-15-21(31)16-14-20)24(32)29-22-12-10-9-11-18(22)2/h9-16,19,23,31H,7-8,17H2,1-6H3,(H,28,34)(H,29,32). The van der Waals surface area contributed by atoms with Gasteiger partial charge in [-0.2, -0.15) is 0 Å². The molecule has 2 aromatic carbocycles. The fourth-order valence-electron chi connectivity index (χ4n) is 3.53. The lowest BCUT2D eigenvalue weighted by Gasteiger charge is -2.33. The van der Waals surface area contributed by atoms with E-state index >= 15 is 0 Å². The number of phenols is 1. The molecule has 0 aliphatic rings. The molecule has 8 heteroatoms. The number of hydrogen-bond donors (Lipinski definition) is 3. The third-order valence-corrected chi connectivity index (χ3v) is 5.31. The Bertz CT molecular complexity index is 1010. The molecule has 2 aromatic rings. The van der Waals surface area contributed by atoms with E-state index in [-0.39, 0.29) is 11.7 Å². The summed E-state index contributed by atoms with van der Waals surface area (Å²) in [5.41, 5.74) is 1.36. The Kier molecular flexibility index (Phi) is 9.68. The van der Waals surface area contributed by atoms with Crippen LogP contribution in [0, 0.1) is 6.92 Å². The zero-order valence-electron chi connectivity index (χ0n) is 21.4. The number of nitrogens with one attached hydrogen (secondary N) is 2. The van der Waals surface area contributed by atoms with Gasteiger partial charge in [-0.3, -0.25) is 9.59 Å². The maximum absolute atomic E-state index is 13.6. The predicted octanol–water partition coefficient (Wildman–Crippen LogP) is 4.92. The number of amides is 3. The van der Waals surface area contributed by atoms with Gasteiger partial charge in [0.1, 0.15) is 23.4 Å². The van der Waals surface area contributed by atoms with Gasteiger partial charge in [0.25, 0.3) is 5.91 Å². The number of ether oxygens (including phenoxy) is 1. The largest absolute Gasteiger partial charge is 0.508 e. The van der Waals surface area contributed by atoms with E-state index in [1.807, 2.05) is 32.0 Å². The number of aryl methyl sites for hydroxylation is 1. The molecule has 3 N–H and O–H groups in total. The number of nitrogens with zero attached hydrogens (tertiary/aromatic N) is 1. The van der Waals surface area contributed by atoms with E-state index in [2.05, 4.69) is 10.6 Å². The number of para-hydroxylation sites is 1. The number of rotatable bonds is 9. The molecule has 2 rings (SSSR count). The summed E-state index contributed by atoms with van der Waals surface area (Å²) in [5.74, 6) is -0.751. The van der Waals surface area contributed by atoms with Crippen LogP contribution in [0.1, 0.15) is 64.6 Å². The molecule has 35 heavy (non-hydrogen) atoms. The molecule has 0 aromatic heterocycles. The lowest BCUT2D eigenvalue weighted by Crippen LogP contribution is -2.51. The highest BCUT2D eigenvalue weighted by molar-refractivity contribution is 5.99. The van der Waals surface area contributed by atoms with Crippen molar-refractivity contribution in [3.05, 3.63) is 59.7 Å². The molecule has 0 spiro atoms. The predicted molar refractivity (Wildman–Crippen MR) is 136 cm³/mol. The van der Waals surface area contributed by atoms with Gasteiger partial charge in [-0.05, 0) is 70.4 Å². The van der Waals surface area contributed by atoms with Crippen molar-refractivity contribution in [1.29, 1.82) is 0 Å². The third-order valence-electron chi connectivity index (χ3n) is 5.31. The van der Waals surface area contributed by atoms with Crippen molar-refractivity contribution in [2.45, 2.75) is 72.1 Å². The van der Waals surface area contributed by atoms with Crippen LogP contribution in [0.4, 0.5) is 10.5 Å². The second-order valence-corrected chi connectivity index (χ2v) is 9.55. The monoisotopic (exact) mass is 483 g/mol. The van der Waals surface area contributed by atoms with Gasteiger partial charge >= 0.3 is 6.09 Å². The van der Waals surface area contributed by atoms with Gasteiger partial charge in [-0.25, -0.2) is 4.79 Å². The molecule has 0 radical (unpaired) electrons. The fourth-order valence-corrected chi connectivity index (χ4v) is 3.53. The Morgan fingerprint density at radius 3 is 2.26 bits per heavy atom. The summed E-state index contributed by atoms with van der Waals surface area (Å²) in [5, 5.41) is 15.3. The lowest BCUT2D eigenvalue weighted by atomic mass is 10.0. The Balaban J connectivity index is 2.41. The van der Waals surface area contributed by atoms with Crippen molar-refractivity contribution in [2.75, 3.05) is 11.9 Å². The van der Waals surface area contributed by atoms with Gasteiger partial charge in [0.15, 0.2) is 0 Å². The Labute approximate surface area is 207 Å². The zero-order chi connectivity index (χ0) is 26.2. The number of phenolic OH excluding ortho intramolecular Hbond substituents is 1. The molecule has 0 bridgehead atoms. The Morgan fingerprint density at radius 2 is 1.69 bits per heavy atom. The van der Waals surface area contributed by atoms with Crippen LogP contribution in [0.3, 0.4) is 0 Å². The average molecular weight is 484 g/mol. The minimum absolute atomic E-state index is 0.0539. The summed E-state index contributed by atoms with van der Waals surface area (Å²) in [6, 6.07) is 11.7. The van der Waals surface area contributed by atoms with E-state index in [1.54, 1.807) is 45.9 Å². The highest BCUT2D eigenvalue weighted by Gasteiger charge is 2.34. The molecule has 2 atom stereocenters. The second kappa shape index (κ2) is 12.2. The minimum atomic E-state index is -0.975. The Hall–Kier alpha value is -3.55. The molecule has 190 valence electrons. The summed E-state index contributed by atoms with van der Waals surface area (Å²) < 4.78 is 5.29. The van der Waals surface area contributed by atoms with Gasteiger partial charge in [-0.1, -0.05) is 43.7 Å². The molecule has 0 heterocycles. The summed E-state index contributed by atoms with van der Waals surface area (Å²) in [7, 11) is 0. The lowest BCUT2D eigenvalue weighted by molar-refractivity contribution is -0.140. The topological polar surface area (TPSA) is 108 Å². The average Bonchev–Trinajstić information content (AvgIpc) is 2.77. The molecule has 0 aliphatic carbocycles.